The van der Waals surface area contributed by atoms with E-state index in [1.165, 1.54) is 0 Å². The number of hydrogen-bond acceptors (Lipinski definition) is 3. The van der Waals surface area contributed by atoms with E-state index < -0.39 is 12.1 Å². The fraction of sp³-hybridized carbons (Fsp3) is 1.00. The summed E-state index contributed by atoms with van der Waals surface area (Å²) in [5, 5.41) is 19.9. The average Bonchev–Trinajstić information content (AvgIpc) is 1.96. The third-order valence-corrected chi connectivity index (χ3v) is 2.46. The molecule has 1 aliphatic carbocycles. The highest BCUT2D eigenvalue weighted by molar-refractivity contribution is 4.70. The van der Waals surface area contributed by atoms with Crippen molar-refractivity contribution in [2.24, 2.45) is 0 Å². The van der Waals surface area contributed by atoms with E-state index in [1.54, 1.807) is 0 Å². The standard InChI is InChI=1S/C8H15NO3/c10-8-6-4-2-1-3-5-7(8)9(11)12/h7-8,10H,1-6H2. The smallest absolute Gasteiger partial charge is 0.238 e. The second-order valence-electron chi connectivity index (χ2n) is 3.41. The Morgan fingerprint density at radius 2 is 1.75 bits per heavy atom. The van der Waals surface area contributed by atoms with Crippen LogP contribution < -0.4 is 0 Å². The summed E-state index contributed by atoms with van der Waals surface area (Å²) in [6.45, 7) is 0. The maximum absolute atomic E-state index is 10.5. The molecule has 1 saturated carbocycles. The molecule has 0 bridgehead atoms. The van der Waals surface area contributed by atoms with E-state index in [2.05, 4.69) is 0 Å². The largest absolute Gasteiger partial charge is 0.386 e. The van der Waals surface area contributed by atoms with Gasteiger partial charge in [-0.05, 0) is 12.8 Å². The van der Waals surface area contributed by atoms with Crippen molar-refractivity contribution in [3.8, 4) is 0 Å². The summed E-state index contributed by atoms with van der Waals surface area (Å²) in [7, 11) is 0. The Bertz CT molecular complexity index is 160. The molecule has 12 heavy (non-hydrogen) atoms. The van der Waals surface area contributed by atoms with Gasteiger partial charge in [-0.15, -0.1) is 0 Å². The van der Waals surface area contributed by atoms with Crippen molar-refractivity contribution < 1.29 is 10.0 Å². The van der Waals surface area contributed by atoms with Crippen molar-refractivity contribution in [1.82, 2.24) is 0 Å². The average molecular weight is 173 g/mol. The van der Waals surface area contributed by atoms with Gasteiger partial charge in [0.25, 0.3) is 0 Å². The molecule has 0 aromatic heterocycles. The number of nitro groups is 1. The summed E-state index contributed by atoms with van der Waals surface area (Å²) in [6, 6.07) is -0.717. The Morgan fingerprint density at radius 1 is 1.17 bits per heavy atom. The summed E-state index contributed by atoms with van der Waals surface area (Å²) < 4.78 is 0. The molecule has 2 atom stereocenters. The molecule has 0 aliphatic heterocycles. The molecule has 4 nitrogen and oxygen atoms in total. The maximum atomic E-state index is 10.5. The van der Waals surface area contributed by atoms with Crippen LogP contribution in [0.25, 0.3) is 0 Å². The van der Waals surface area contributed by atoms with Crippen LogP contribution in [0, 0.1) is 10.1 Å². The molecule has 70 valence electrons. The molecular formula is C8H15NO3. The van der Waals surface area contributed by atoms with Gasteiger partial charge in [0.15, 0.2) is 0 Å². The lowest BCUT2D eigenvalue weighted by atomic mass is 9.95. The van der Waals surface area contributed by atoms with E-state index in [-0.39, 0.29) is 4.92 Å². The summed E-state index contributed by atoms with van der Waals surface area (Å²) >= 11 is 0. The molecule has 1 N–H and O–H groups in total. The first-order valence-corrected chi connectivity index (χ1v) is 4.53. The molecule has 0 heterocycles. The van der Waals surface area contributed by atoms with Gasteiger partial charge in [0.2, 0.25) is 6.04 Å². The zero-order chi connectivity index (χ0) is 8.97. The Morgan fingerprint density at radius 3 is 2.33 bits per heavy atom. The van der Waals surface area contributed by atoms with E-state index in [4.69, 9.17) is 0 Å². The molecule has 0 aromatic rings. The SMILES string of the molecule is O=[N+]([O-])C1CCCCCCC1O. The highest BCUT2D eigenvalue weighted by Gasteiger charge is 2.29. The lowest BCUT2D eigenvalue weighted by Crippen LogP contribution is -2.34. The minimum absolute atomic E-state index is 0.337. The fourth-order valence-electron chi connectivity index (χ4n) is 1.69. The molecule has 1 fully saturated rings. The zero-order valence-corrected chi connectivity index (χ0v) is 7.11. The van der Waals surface area contributed by atoms with Gasteiger partial charge in [-0.2, -0.15) is 0 Å². The number of nitrogens with zero attached hydrogens (tertiary/aromatic N) is 1. The normalized spacial score (nSPS) is 32.1. The van der Waals surface area contributed by atoms with Gasteiger partial charge in [0.1, 0.15) is 6.10 Å². The number of aliphatic hydroxyl groups excluding tert-OH is 1. The van der Waals surface area contributed by atoms with Gasteiger partial charge >= 0.3 is 0 Å². The van der Waals surface area contributed by atoms with Gasteiger partial charge in [-0.3, -0.25) is 10.1 Å². The van der Waals surface area contributed by atoms with Crippen LogP contribution in [0.15, 0.2) is 0 Å². The first kappa shape index (κ1) is 9.45. The number of aliphatic hydroxyl groups is 1. The van der Waals surface area contributed by atoms with Crippen molar-refractivity contribution >= 4 is 0 Å². The van der Waals surface area contributed by atoms with E-state index in [9.17, 15) is 15.2 Å². The van der Waals surface area contributed by atoms with Crippen LogP contribution in [0.2, 0.25) is 0 Å². The minimum Gasteiger partial charge on any atom is -0.386 e. The highest BCUT2D eigenvalue weighted by atomic mass is 16.6. The number of hydrogen-bond donors (Lipinski definition) is 1. The highest BCUT2D eigenvalue weighted by Crippen LogP contribution is 2.19. The first-order valence-electron chi connectivity index (χ1n) is 4.53. The van der Waals surface area contributed by atoms with Gasteiger partial charge in [0, 0.05) is 11.3 Å². The quantitative estimate of drug-likeness (QED) is 0.481. The molecule has 0 radical (unpaired) electrons. The van der Waals surface area contributed by atoms with Crippen molar-refractivity contribution in [2.45, 2.75) is 50.7 Å². The predicted octanol–water partition coefficient (Wildman–Crippen LogP) is 1.35. The third-order valence-electron chi connectivity index (χ3n) is 2.46. The molecular weight excluding hydrogens is 158 g/mol. The molecule has 0 aromatic carbocycles. The van der Waals surface area contributed by atoms with Crippen LogP contribution in [0.5, 0.6) is 0 Å². The Hall–Kier alpha value is -0.640. The van der Waals surface area contributed by atoms with E-state index in [1.807, 2.05) is 0 Å². The van der Waals surface area contributed by atoms with Gasteiger partial charge in [-0.1, -0.05) is 19.3 Å². The van der Waals surface area contributed by atoms with Crippen LogP contribution in [0.3, 0.4) is 0 Å². The molecule has 0 amide bonds. The van der Waals surface area contributed by atoms with Crippen LogP contribution in [-0.2, 0) is 0 Å². The molecule has 1 aliphatic rings. The summed E-state index contributed by atoms with van der Waals surface area (Å²) in [5.41, 5.74) is 0. The fourth-order valence-corrected chi connectivity index (χ4v) is 1.69. The summed E-state index contributed by atoms with van der Waals surface area (Å²) in [4.78, 5) is 10.1. The Labute approximate surface area is 71.7 Å². The maximum Gasteiger partial charge on any atom is 0.238 e. The second-order valence-corrected chi connectivity index (χ2v) is 3.41. The van der Waals surface area contributed by atoms with E-state index in [0.717, 1.165) is 25.7 Å². The van der Waals surface area contributed by atoms with E-state index >= 15 is 0 Å². The van der Waals surface area contributed by atoms with Crippen LogP contribution in [0.4, 0.5) is 0 Å². The van der Waals surface area contributed by atoms with Gasteiger partial charge < -0.3 is 5.11 Å². The Kier molecular flexibility index (Phi) is 3.47. The summed E-state index contributed by atoms with van der Waals surface area (Å²) in [6.07, 6.45) is 4.37. The molecule has 0 spiro atoms. The molecule has 0 saturated heterocycles. The molecule has 2 unspecified atom stereocenters. The Balaban J connectivity index is 2.48. The van der Waals surface area contributed by atoms with Crippen LogP contribution >= 0.6 is 0 Å². The monoisotopic (exact) mass is 173 g/mol. The van der Waals surface area contributed by atoms with Crippen molar-refractivity contribution in [2.75, 3.05) is 0 Å². The van der Waals surface area contributed by atoms with Gasteiger partial charge in [-0.25, -0.2) is 0 Å². The van der Waals surface area contributed by atoms with E-state index in [0.29, 0.717) is 12.8 Å². The van der Waals surface area contributed by atoms with Crippen molar-refractivity contribution in [1.29, 1.82) is 0 Å². The lowest BCUT2D eigenvalue weighted by molar-refractivity contribution is -0.536. The lowest BCUT2D eigenvalue weighted by Gasteiger charge is -2.18. The third kappa shape index (κ3) is 2.44. The molecule has 1 rings (SSSR count). The van der Waals surface area contributed by atoms with Crippen LogP contribution in [-0.4, -0.2) is 22.2 Å². The first-order chi connectivity index (χ1) is 5.72. The zero-order valence-electron chi connectivity index (χ0n) is 7.11. The number of rotatable bonds is 1. The molecule has 4 heteroatoms. The second kappa shape index (κ2) is 4.40. The predicted molar refractivity (Wildman–Crippen MR) is 44.5 cm³/mol. The topological polar surface area (TPSA) is 63.4 Å². The van der Waals surface area contributed by atoms with Crippen molar-refractivity contribution in [3.63, 3.8) is 0 Å². The summed E-state index contributed by atoms with van der Waals surface area (Å²) in [5.74, 6) is 0. The van der Waals surface area contributed by atoms with Gasteiger partial charge in [0.05, 0.1) is 0 Å². The van der Waals surface area contributed by atoms with Crippen LogP contribution in [0.1, 0.15) is 38.5 Å². The minimum atomic E-state index is -0.722. The van der Waals surface area contributed by atoms with Crippen molar-refractivity contribution in [3.05, 3.63) is 10.1 Å².